The first-order chi connectivity index (χ1) is 14.4. The van der Waals surface area contributed by atoms with Crippen LogP contribution in [-0.2, 0) is 4.79 Å². The van der Waals surface area contributed by atoms with Crippen molar-refractivity contribution in [2.24, 2.45) is 5.73 Å². The van der Waals surface area contributed by atoms with E-state index < -0.39 is 5.91 Å². The third-order valence-electron chi connectivity index (χ3n) is 4.70. The molecule has 2 amide bonds. The predicted molar refractivity (Wildman–Crippen MR) is 114 cm³/mol. The van der Waals surface area contributed by atoms with Crippen LogP contribution in [0.2, 0.25) is 0 Å². The van der Waals surface area contributed by atoms with Crippen molar-refractivity contribution < 1.29 is 23.8 Å². The lowest BCUT2D eigenvalue weighted by molar-refractivity contribution is -0.120. The second-order valence-electron chi connectivity index (χ2n) is 6.77. The van der Waals surface area contributed by atoms with Gasteiger partial charge in [-0.2, -0.15) is 0 Å². The molecule has 0 aliphatic carbocycles. The summed E-state index contributed by atoms with van der Waals surface area (Å²) in [6.45, 7) is 1.58. The van der Waals surface area contributed by atoms with Gasteiger partial charge in [-0.15, -0.1) is 0 Å². The zero-order chi connectivity index (χ0) is 21.7. The van der Waals surface area contributed by atoms with E-state index in [4.69, 9.17) is 19.9 Å². The number of rotatable bonds is 8. The zero-order valence-electron chi connectivity index (χ0n) is 17.1. The Morgan fingerprint density at radius 2 is 1.60 bits per heavy atom. The fourth-order valence-electron chi connectivity index (χ4n) is 3.14. The highest BCUT2D eigenvalue weighted by Crippen LogP contribution is 2.38. The number of amides is 2. The number of nitrogens with one attached hydrogen (secondary N) is 1. The monoisotopic (exact) mass is 408 g/mol. The van der Waals surface area contributed by atoms with Crippen LogP contribution in [-0.4, -0.2) is 32.6 Å². The van der Waals surface area contributed by atoms with Gasteiger partial charge in [-0.1, -0.05) is 36.4 Å². The molecule has 7 nitrogen and oxygen atoms in total. The van der Waals surface area contributed by atoms with E-state index in [0.717, 1.165) is 16.3 Å². The van der Waals surface area contributed by atoms with Gasteiger partial charge in [-0.3, -0.25) is 9.59 Å². The molecule has 30 heavy (non-hydrogen) atoms. The summed E-state index contributed by atoms with van der Waals surface area (Å²) in [5.41, 5.74) is 6.46. The molecule has 0 aromatic heterocycles. The third kappa shape index (κ3) is 4.63. The molecular weight excluding hydrogens is 384 g/mol. The first kappa shape index (κ1) is 21.0. The molecule has 1 unspecified atom stereocenters. The van der Waals surface area contributed by atoms with Crippen LogP contribution in [0.3, 0.4) is 0 Å². The van der Waals surface area contributed by atoms with Gasteiger partial charge in [0.15, 0.2) is 18.1 Å². The maximum absolute atomic E-state index is 12.9. The average Bonchev–Trinajstić information content (AvgIpc) is 2.76. The molecule has 0 bridgehead atoms. The largest absolute Gasteiger partial charge is 0.493 e. The Morgan fingerprint density at radius 1 is 0.967 bits per heavy atom. The fourth-order valence-corrected chi connectivity index (χ4v) is 3.14. The Labute approximate surface area is 174 Å². The Hall–Kier alpha value is -3.74. The van der Waals surface area contributed by atoms with Gasteiger partial charge in [0, 0.05) is 5.56 Å². The summed E-state index contributed by atoms with van der Waals surface area (Å²) >= 11 is 0. The molecule has 0 saturated carbocycles. The minimum Gasteiger partial charge on any atom is -0.493 e. The number of methoxy groups -OCH3 is 2. The number of nitrogens with two attached hydrogens (primary N) is 1. The van der Waals surface area contributed by atoms with Crippen molar-refractivity contribution in [2.75, 3.05) is 20.8 Å². The van der Waals surface area contributed by atoms with Crippen LogP contribution in [0.4, 0.5) is 0 Å². The van der Waals surface area contributed by atoms with Gasteiger partial charge < -0.3 is 25.3 Å². The maximum atomic E-state index is 12.9. The van der Waals surface area contributed by atoms with Crippen molar-refractivity contribution in [3.8, 4) is 17.2 Å². The van der Waals surface area contributed by atoms with Crippen molar-refractivity contribution in [3.05, 3.63) is 65.7 Å². The molecule has 0 saturated heterocycles. The Balaban J connectivity index is 1.83. The lowest BCUT2D eigenvalue weighted by atomic mass is 10.0. The van der Waals surface area contributed by atoms with E-state index in [1.54, 1.807) is 0 Å². The lowest BCUT2D eigenvalue weighted by Crippen LogP contribution is -2.26. The van der Waals surface area contributed by atoms with Gasteiger partial charge >= 0.3 is 0 Å². The molecule has 3 aromatic rings. The molecule has 0 spiro atoms. The number of carbonyl (C=O) groups is 2. The normalized spacial score (nSPS) is 11.6. The number of ether oxygens (including phenoxy) is 3. The summed E-state index contributed by atoms with van der Waals surface area (Å²) in [4.78, 5) is 23.9. The summed E-state index contributed by atoms with van der Waals surface area (Å²) in [6.07, 6.45) is 0. The van der Waals surface area contributed by atoms with Gasteiger partial charge in [0.25, 0.3) is 11.8 Å². The van der Waals surface area contributed by atoms with Gasteiger partial charge in [0.2, 0.25) is 5.75 Å². The van der Waals surface area contributed by atoms with E-state index in [9.17, 15) is 9.59 Å². The quantitative estimate of drug-likeness (QED) is 0.596. The summed E-state index contributed by atoms with van der Waals surface area (Å²) in [7, 11) is 2.87. The van der Waals surface area contributed by atoms with Crippen molar-refractivity contribution >= 4 is 22.6 Å². The van der Waals surface area contributed by atoms with E-state index in [-0.39, 0.29) is 35.8 Å². The lowest BCUT2D eigenvalue weighted by Gasteiger charge is -2.18. The van der Waals surface area contributed by atoms with Crippen LogP contribution in [0.25, 0.3) is 10.8 Å². The van der Waals surface area contributed by atoms with Crippen LogP contribution in [0.15, 0.2) is 54.6 Å². The van der Waals surface area contributed by atoms with Crippen molar-refractivity contribution in [1.82, 2.24) is 5.32 Å². The number of benzene rings is 3. The minimum atomic E-state index is -0.634. The van der Waals surface area contributed by atoms with Crippen LogP contribution >= 0.6 is 0 Å². The number of hydrogen-bond acceptors (Lipinski definition) is 5. The van der Waals surface area contributed by atoms with E-state index in [1.165, 1.54) is 26.4 Å². The number of primary amides is 1. The summed E-state index contributed by atoms with van der Waals surface area (Å²) in [6, 6.07) is 17.0. The molecule has 3 N–H and O–H groups in total. The van der Waals surface area contributed by atoms with Gasteiger partial charge in [0.1, 0.15) is 0 Å². The molecule has 1 atom stereocenters. The highest BCUT2D eigenvalue weighted by atomic mass is 16.5. The van der Waals surface area contributed by atoms with Crippen molar-refractivity contribution in [3.63, 3.8) is 0 Å². The zero-order valence-corrected chi connectivity index (χ0v) is 17.1. The Bertz CT molecular complexity index is 1060. The number of fused-ring (bicyclic) bond motifs is 1. The van der Waals surface area contributed by atoms with E-state index in [2.05, 4.69) is 11.4 Å². The van der Waals surface area contributed by atoms with Crippen molar-refractivity contribution in [2.45, 2.75) is 13.0 Å². The molecule has 156 valence electrons. The predicted octanol–water partition coefficient (Wildman–Crippen LogP) is 3.21. The van der Waals surface area contributed by atoms with E-state index >= 15 is 0 Å². The van der Waals surface area contributed by atoms with Crippen LogP contribution < -0.4 is 25.3 Å². The molecule has 3 rings (SSSR count). The highest BCUT2D eigenvalue weighted by molar-refractivity contribution is 5.96. The summed E-state index contributed by atoms with van der Waals surface area (Å²) < 4.78 is 16.0. The summed E-state index contributed by atoms with van der Waals surface area (Å²) in [5.74, 6) is -0.199. The molecule has 0 aliphatic rings. The average molecular weight is 408 g/mol. The van der Waals surface area contributed by atoms with E-state index in [1.807, 2.05) is 43.3 Å². The van der Waals surface area contributed by atoms with Crippen LogP contribution in [0.1, 0.15) is 28.9 Å². The second kappa shape index (κ2) is 9.17. The fraction of sp³-hybridized carbons (Fsp3) is 0.217. The van der Waals surface area contributed by atoms with Gasteiger partial charge in [-0.05, 0) is 41.5 Å². The molecule has 3 aromatic carbocycles. The molecule has 0 aliphatic heterocycles. The second-order valence-corrected chi connectivity index (χ2v) is 6.77. The topological polar surface area (TPSA) is 99.9 Å². The Kier molecular flexibility index (Phi) is 6.41. The first-order valence-corrected chi connectivity index (χ1v) is 9.39. The molecule has 7 heteroatoms. The molecule has 0 radical (unpaired) electrons. The Morgan fingerprint density at radius 3 is 2.20 bits per heavy atom. The minimum absolute atomic E-state index is 0.206. The standard InChI is InChI=1S/C23H24N2O5/c1-14(16-9-8-15-6-4-5-7-17(15)10-16)25-23(27)18-11-19(28-2)22(20(12-18)29-3)30-13-21(24)26/h4-12,14H,13H2,1-3H3,(H2,24,26)(H,25,27). The number of hydrogen-bond donors (Lipinski definition) is 2. The first-order valence-electron chi connectivity index (χ1n) is 9.39. The van der Waals surface area contributed by atoms with Crippen molar-refractivity contribution in [1.29, 1.82) is 0 Å². The molecule has 0 heterocycles. The smallest absolute Gasteiger partial charge is 0.255 e. The molecular formula is C23H24N2O5. The SMILES string of the molecule is COc1cc(C(=O)NC(C)c2ccc3ccccc3c2)cc(OC)c1OCC(N)=O. The van der Waals surface area contributed by atoms with Crippen LogP contribution in [0.5, 0.6) is 17.2 Å². The number of carbonyl (C=O) groups excluding carboxylic acids is 2. The van der Waals surface area contributed by atoms with Gasteiger partial charge in [-0.25, -0.2) is 0 Å². The van der Waals surface area contributed by atoms with Crippen LogP contribution in [0, 0.1) is 0 Å². The third-order valence-corrected chi connectivity index (χ3v) is 4.70. The maximum Gasteiger partial charge on any atom is 0.255 e. The van der Waals surface area contributed by atoms with Gasteiger partial charge in [0.05, 0.1) is 20.3 Å². The van der Waals surface area contributed by atoms with E-state index in [0.29, 0.717) is 5.56 Å². The molecule has 0 fully saturated rings. The highest BCUT2D eigenvalue weighted by Gasteiger charge is 2.19. The summed E-state index contributed by atoms with van der Waals surface area (Å²) in [5, 5.41) is 5.23.